The molecule has 4 nitrogen and oxygen atoms in total. The number of aromatic amines is 1. The Morgan fingerprint density at radius 3 is 2.41 bits per heavy atom. The second-order valence-electron chi connectivity index (χ2n) is 5.13. The molecule has 2 rings (SSSR count). The van der Waals surface area contributed by atoms with Gasteiger partial charge in [-0.1, -0.05) is 33.0 Å². The second kappa shape index (κ2) is 4.07. The molecule has 0 aromatic carbocycles. The van der Waals surface area contributed by atoms with Gasteiger partial charge in [0.1, 0.15) is 4.64 Å². The predicted octanol–water partition coefficient (Wildman–Crippen LogP) is 2.93. The van der Waals surface area contributed by atoms with Crippen molar-refractivity contribution < 1.29 is 0 Å². The molecule has 0 radical (unpaired) electrons. The maximum atomic E-state index is 5.32. The van der Waals surface area contributed by atoms with E-state index in [9.17, 15) is 0 Å². The van der Waals surface area contributed by atoms with Gasteiger partial charge in [-0.3, -0.25) is 5.10 Å². The summed E-state index contributed by atoms with van der Waals surface area (Å²) in [6, 6.07) is 5.79. The van der Waals surface area contributed by atoms with E-state index in [1.807, 2.05) is 25.1 Å². The fourth-order valence-corrected chi connectivity index (χ4v) is 1.72. The summed E-state index contributed by atoms with van der Waals surface area (Å²) < 4.78 is 2.50. The normalized spacial score (nSPS) is 11.8. The summed E-state index contributed by atoms with van der Waals surface area (Å²) in [5.74, 6) is 0.719. The summed E-state index contributed by atoms with van der Waals surface area (Å²) in [5, 5.41) is 11.4. The van der Waals surface area contributed by atoms with Gasteiger partial charge in [0.15, 0.2) is 5.82 Å². The van der Waals surface area contributed by atoms with Gasteiger partial charge in [-0.15, -0.1) is 5.10 Å². The highest BCUT2D eigenvalue weighted by atomic mass is 32.1. The Morgan fingerprint density at radius 1 is 1.24 bits per heavy atom. The Balaban J connectivity index is 2.50. The van der Waals surface area contributed by atoms with Crippen LogP contribution in [-0.4, -0.2) is 20.0 Å². The zero-order valence-corrected chi connectivity index (χ0v) is 11.3. The molecule has 0 aliphatic carbocycles. The van der Waals surface area contributed by atoms with Crippen molar-refractivity contribution in [3.8, 4) is 5.82 Å². The van der Waals surface area contributed by atoms with E-state index in [2.05, 4.69) is 36.1 Å². The molecule has 0 saturated heterocycles. The summed E-state index contributed by atoms with van der Waals surface area (Å²) in [6.07, 6.45) is 0. The van der Waals surface area contributed by atoms with Gasteiger partial charge in [0.25, 0.3) is 0 Å². The fraction of sp³-hybridized carbons (Fsp3) is 0.417. The number of aryl methyl sites for hydroxylation is 1. The van der Waals surface area contributed by atoms with Gasteiger partial charge < -0.3 is 0 Å². The van der Waals surface area contributed by atoms with E-state index in [0.29, 0.717) is 4.64 Å². The first-order valence-electron chi connectivity index (χ1n) is 5.51. The molecule has 90 valence electrons. The number of H-pyrrole nitrogens is 1. The Labute approximate surface area is 106 Å². The maximum Gasteiger partial charge on any atom is 0.175 e. The molecule has 0 fully saturated rings. The van der Waals surface area contributed by atoms with Crippen LogP contribution in [0.15, 0.2) is 18.2 Å². The molecule has 0 aliphatic heterocycles. The SMILES string of the molecule is Cc1ccc(-n2[nH]c(C(C)(C)C)cc2=S)nn1. The maximum absolute atomic E-state index is 5.32. The van der Waals surface area contributed by atoms with E-state index in [1.54, 1.807) is 4.68 Å². The molecule has 0 bridgehead atoms. The Hall–Kier alpha value is -1.49. The van der Waals surface area contributed by atoms with Crippen LogP contribution < -0.4 is 0 Å². The lowest BCUT2D eigenvalue weighted by molar-refractivity contribution is 0.558. The molecular formula is C12H16N4S. The number of nitrogens with zero attached hydrogens (tertiary/aromatic N) is 3. The molecule has 0 unspecified atom stereocenters. The summed E-state index contributed by atoms with van der Waals surface area (Å²) in [4.78, 5) is 0. The first-order valence-corrected chi connectivity index (χ1v) is 5.92. The highest BCUT2D eigenvalue weighted by Crippen LogP contribution is 2.21. The third-order valence-electron chi connectivity index (χ3n) is 2.54. The average molecular weight is 248 g/mol. The van der Waals surface area contributed by atoms with E-state index in [0.717, 1.165) is 17.2 Å². The number of aromatic nitrogens is 4. The van der Waals surface area contributed by atoms with Crippen LogP contribution in [0.25, 0.3) is 5.82 Å². The van der Waals surface area contributed by atoms with E-state index >= 15 is 0 Å². The molecule has 17 heavy (non-hydrogen) atoms. The topological polar surface area (TPSA) is 46.5 Å². The van der Waals surface area contributed by atoms with Crippen LogP contribution in [0, 0.1) is 11.6 Å². The first kappa shape index (κ1) is 12.0. The molecule has 0 saturated carbocycles. The van der Waals surface area contributed by atoms with E-state index in [4.69, 9.17) is 12.2 Å². The minimum atomic E-state index is 0.0386. The quantitative estimate of drug-likeness (QED) is 0.789. The average Bonchev–Trinajstić information content (AvgIpc) is 2.61. The Bertz CT molecular complexity index is 572. The van der Waals surface area contributed by atoms with Gasteiger partial charge in [-0.2, -0.15) is 5.10 Å². The largest absolute Gasteiger partial charge is 0.295 e. The lowest BCUT2D eigenvalue weighted by atomic mass is 9.93. The van der Waals surface area contributed by atoms with Crippen molar-refractivity contribution in [1.82, 2.24) is 20.0 Å². The lowest BCUT2D eigenvalue weighted by Gasteiger charge is -2.15. The molecule has 2 heterocycles. The molecule has 2 aromatic rings. The number of rotatable bonds is 1. The Kier molecular flexibility index (Phi) is 2.87. The zero-order chi connectivity index (χ0) is 12.6. The smallest absolute Gasteiger partial charge is 0.175 e. The summed E-state index contributed by atoms with van der Waals surface area (Å²) in [7, 11) is 0. The van der Waals surface area contributed by atoms with E-state index in [-0.39, 0.29) is 5.41 Å². The number of hydrogen-bond donors (Lipinski definition) is 1. The predicted molar refractivity (Wildman–Crippen MR) is 70.0 cm³/mol. The van der Waals surface area contributed by atoms with Crippen molar-refractivity contribution in [3.63, 3.8) is 0 Å². The Morgan fingerprint density at radius 2 is 1.94 bits per heavy atom. The molecule has 0 spiro atoms. The molecule has 1 N–H and O–H groups in total. The van der Waals surface area contributed by atoms with Gasteiger partial charge in [0.2, 0.25) is 0 Å². The van der Waals surface area contributed by atoms with Crippen LogP contribution >= 0.6 is 12.2 Å². The summed E-state index contributed by atoms with van der Waals surface area (Å²) in [5.41, 5.74) is 2.02. The molecule has 0 aliphatic rings. The molecular weight excluding hydrogens is 232 g/mol. The second-order valence-corrected chi connectivity index (χ2v) is 5.54. The van der Waals surface area contributed by atoms with Crippen LogP contribution in [0.5, 0.6) is 0 Å². The molecule has 5 heteroatoms. The summed E-state index contributed by atoms with van der Waals surface area (Å²) >= 11 is 5.32. The number of nitrogens with one attached hydrogen (secondary N) is 1. The van der Waals surface area contributed by atoms with Crippen molar-refractivity contribution >= 4 is 12.2 Å². The third-order valence-corrected chi connectivity index (χ3v) is 2.84. The van der Waals surface area contributed by atoms with Gasteiger partial charge in [0, 0.05) is 11.1 Å². The van der Waals surface area contributed by atoms with Crippen molar-refractivity contribution in [1.29, 1.82) is 0 Å². The van der Waals surface area contributed by atoms with Crippen LogP contribution in [0.2, 0.25) is 0 Å². The molecule has 2 aromatic heterocycles. The zero-order valence-electron chi connectivity index (χ0n) is 10.5. The highest BCUT2D eigenvalue weighted by Gasteiger charge is 2.17. The minimum absolute atomic E-state index is 0.0386. The molecule has 0 amide bonds. The van der Waals surface area contributed by atoms with E-state index < -0.39 is 0 Å². The van der Waals surface area contributed by atoms with E-state index in [1.165, 1.54) is 0 Å². The van der Waals surface area contributed by atoms with Gasteiger partial charge in [-0.05, 0) is 25.1 Å². The van der Waals surface area contributed by atoms with Gasteiger partial charge in [0.05, 0.1) is 5.69 Å². The van der Waals surface area contributed by atoms with Crippen LogP contribution in [-0.2, 0) is 5.41 Å². The third kappa shape index (κ3) is 2.44. The fourth-order valence-electron chi connectivity index (χ4n) is 1.46. The van der Waals surface area contributed by atoms with Crippen LogP contribution in [0.1, 0.15) is 32.2 Å². The standard InChI is InChI=1S/C12H16N4S/c1-8-5-6-10(14-13-8)16-11(17)7-9(15-16)12(2,3)4/h5-7,15H,1-4H3. The van der Waals surface area contributed by atoms with Crippen molar-refractivity contribution in [2.75, 3.05) is 0 Å². The van der Waals surface area contributed by atoms with Crippen molar-refractivity contribution in [2.45, 2.75) is 33.1 Å². The summed E-state index contributed by atoms with van der Waals surface area (Å²) in [6.45, 7) is 8.32. The number of hydrogen-bond acceptors (Lipinski definition) is 3. The highest BCUT2D eigenvalue weighted by molar-refractivity contribution is 7.71. The monoisotopic (exact) mass is 248 g/mol. The van der Waals surface area contributed by atoms with Crippen molar-refractivity contribution in [3.05, 3.63) is 34.2 Å². The van der Waals surface area contributed by atoms with Crippen LogP contribution in [0.3, 0.4) is 0 Å². The first-order chi connectivity index (χ1) is 7.88. The molecule has 0 atom stereocenters. The van der Waals surface area contributed by atoms with Crippen LogP contribution in [0.4, 0.5) is 0 Å². The van der Waals surface area contributed by atoms with Gasteiger partial charge >= 0.3 is 0 Å². The van der Waals surface area contributed by atoms with Crippen molar-refractivity contribution in [2.24, 2.45) is 0 Å². The lowest BCUT2D eigenvalue weighted by Crippen LogP contribution is -2.13. The minimum Gasteiger partial charge on any atom is -0.295 e. The van der Waals surface area contributed by atoms with Gasteiger partial charge in [-0.25, -0.2) is 4.68 Å².